The Balaban J connectivity index is 1.34. The predicted octanol–water partition coefficient (Wildman–Crippen LogP) is 4.93. The normalized spacial score (nSPS) is 19.1. The fourth-order valence-corrected chi connectivity index (χ4v) is 4.38. The van der Waals surface area contributed by atoms with Crippen molar-refractivity contribution in [3.8, 4) is 0 Å². The molecule has 4 rings (SSSR count). The van der Waals surface area contributed by atoms with Crippen LogP contribution < -0.4 is 5.46 Å². The Hall–Kier alpha value is -2.58. The molecular formula is C26H30BF2NO4. The lowest BCUT2D eigenvalue weighted by Gasteiger charge is -2.32. The third-order valence-corrected chi connectivity index (χ3v) is 7.11. The zero-order valence-corrected chi connectivity index (χ0v) is 20.1. The predicted molar refractivity (Wildman–Crippen MR) is 126 cm³/mol. The fourth-order valence-electron chi connectivity index (χ4n) is 4.38. The van der Waals surface area contributed by atoms with Crippen molar-refractivity contribution in [3.63, 3.8) is 0 Å². The van der Waals surface area contributed by atoms with Crippen LogP contribution in [0.15, 0.2) is 48.5 Å². The van der Waals surface area contributed by atoms with Gasteiger partial charge in [0.25, 0.3) is 17.7 Å². The number of rotatable bonds is 8. The first-order chi connectivity index (χ1) is 15.9. The number of hydrogen-bond acceptors (Lipinski definition) is 4. The van der Waals surface area contributed by atoms with E-state index in [4.69, 9.17) is 9.31 Å². The number of halogens is 2. The fraction of sp³-hybridized carbons (Fsp3) is 0.462. The molecule has 1 fully saturated rings. The highest BCUT2D eigenvalue weighted by Gasteiger charge is 2.53. The summed E-state index contributed by atoms with van der Waals surface area (Å²) in [5.41, 5.74) is -0.184. The van der Waals surface area contributed by atoms with Gasteiger partial charge in [-0.2, -0.15) is 0 Å². The molecule has 0 bridgehead atoms. The second-order valence-electron chi connectivity index (χ2n) is 10.00. The van der Waals surface area contributed by atoms with E-state index in [1.807, 2.05) is 27.7 Å². The molecular weight excluding hydrogens is 439 g/mol. The number of nitrogens with zero attached hydrogens (tertiary/aromatic N) is 1. The van der Waals surface area contributed by atoms with Gasteiger partial charge in [0.2, 0.25) is 0 Å². The van der Waals surface area contributed by atoms with Crippen LogP contribution in [0, 0.1) is 0 Å². The average molecular weight is 469 g/mol. The van der Waals surface area contributed by atoms with Gasteiger partial charge in [0.1, 0.15) is 0 Å². The van der Waals surface area contributed by atoms with E-state index in [0.717, 1.165) is 0 Å². The molecule has 180 valence electrons. The molecule has 0 N–H and O–H groups in total. The van der Waals surface area contributed by atoms with Gasteiger partial charge in [-0.1, -0.05) is 42.8 Å². The van der Waals surface area contributed by atoms with Crippen molar-refractivity contribution in [1.29, 1.82) is 0 Å². The number of alkyl halides is 2. The van der Waals surface area contributed by atoms with E-state index in [-0.39, 0.29) is 36.8 Å². The lowest BCUT2D eigenvalue weighted by molar-refractivity contribution is -0.0152. The maximum Gasteiger partial charge on any atom is 0.495 e. The molecule has 2 aromatic rings. The first-order valence-corrected chi connectivity index (χ1v) is 11.7. The minimum atomic E-state index is -3.06. The number of imide groups is 1. The summed E-state index contributed by atoms with van der Waals surface area (Å²) in [5, 5.41) is 0. The largest absolute Gasteiger partial charge is 0.495 e. The van der Waals surface area contributed by atoms with Crippen molar-refractivity contribution < 1.29 is 27.7 Å². The lowest BCUT2D eigenvalue weighted by Crippen LogP contribution is -2.41. The molecule has 2 aliphatic heterocycles. The quantitative estimate of drug-likeness (QED) is 0.313. The highest BCUT2D eigenvalue weighted by Crippen LogP contribution is 2.39. The van der Waals surface area contributed by atoms with Crippen molar-refractivity contribution in [2.75, 3.05) is 6.54 Å². The summed E-state index contributed by atoms with van der Waals surface area (Å²) in [4.78, 5) is 26.1. The number of carbonyl (C=O) groups excluding carboxylic acids is 2. The van der Waals surface area contributed by atoms with E-state index >= 15 is 8.78 Å². The summed E-state index contributed by atoms with van der Waals surface area (Å²) >= 11 is 0. The Morgan fingerprint density at radius 2 is 1.35 bits per heavy atom. The molecule has 1 saturated heterocycles. The molecule has 0 aromatic heterocycles. The highest BCUT2D eigenvalue weighted by atomic mass is 19.3. The second-order valence-corrected chi connectivity index (χ2v) is 10.00. The van der Waals surface area contributed by atoms with E-state index in [1.165, 1.54) is 11.0 Å². The number of hydrogen-bond donors (Lipinski definition) is 0. The van der Waals surface area contributed by atoms with Crippen molar-refractivity contribution in [3.05, 3.63) is 65.2 Å². The SMILES string of the molecule is CC1(C)OB(c2ccccc2C(F)(F)CCCCCN2C(=O)c3ccccc3C2=O)OC1(C)C. The lowest BCUT2D eigenvalue weighted by atomic mass is 9.74. The van der Waals surface area contributed by atoms with Crippen LogP contribution in [-0.4, -0.2) is 41.6 Å². The Morgan fingerprint density at radius 3 is 1.94 bits per heavy atom. The third-order valence-electron chi connectivity index (χ3n) is 7.11. The molecule has 0 atom stereocenters. The number of benzene rings is 2. The number of unbranched alkanes of at least 4 members (excludes halogenated alkanes) is 2. The molecule has 2 aromatic carbocycles. The molecule has 0 spiro atoms. The van der Waals surface area contributed by atoms with Gasteiger partial charge >= 0.3 is 7.12 Å². The Bertz CT molecular complexity index is 1050. The summed E-state index contributed by atoms with van der Waals surface area (Å²) in [6.45, 7) is 7.79. The molecule has 8 heteroatoms. The molecule has 0 saturated carbocycles. The number of fused-ring (bicyclic) bond motifs is 1. The third kappa shape index (κ3) is 4.41. The van der Waals surface area contributed by atoms with Crippen molar-refractivity contribution in [1.82, 2.24) is 4.90 Å². The summed E-state index contributed by atoms with van der Waals surface area (Å²) in [5.74, 6) is -3.69. The van der Waals surface area contributed by atoms with Crippen LogP contribution in [-0.2, 0) is 15.2 Å². The van der Waals surface area contributed by atoms with Crippen molar-refractivity contribution >= 4 is 24.4 Å². The van der Waals surface area contributed by atoms with Crippen LogP contribution in [0.25, 0.3) is 0 Å². The van der Waals surface area contributed by atoms with Gasteiger partial charge in [0.05, 0.1) is 22.3 Å². The minimum Gasteiger partial charge on any atom is -0.399 e. The summed E-state index contributed by atoms with van der Waals surface area (Å²) in [7, 11) is -0.860. The van der Waals surface area contributed by atoms with Crippen LogP contribution in [0.5, 0.6) is 0 Å². The molecule has 0 aliphatic carbocycles. The number of carbonyl (C=O) groups is 2. The van der Waals surface area contributed by atoms with Gasteiger partial charge in [-0.3, -0.25) is 14.5 Å². The zero-order chi connectivity index (χ0) is 24.7. The molecule has 2 aliphatic rings. The first kappa shape index (κ1) is 24.5. The van der Waals surface area contributed by atoms with Gasteiger partial charge in [-0.05, 0) is 58.1 Å². The zero-order valence-electron chi connectivity index (χ0n) is 20.1. The van der Waals surface area contributed by atoms with Gasteiger partial charge in [-0.25, -0.2) is 8.78 Å². The molecule has 2 amide bonds. The monoisotopic (exact) mass is 469 g/mol. The topological polar surface area (TPSA) is 55.8 Å². The van der Waals surface area contributed by atoms with Crippen LogP contribution in [0.2, 0.25) is 0 Å². The van der Waals surface area contributed by atoms with E-state index < -0.39 is 24.2 Å². The highest BCUT2D eigenvalue weighted by molar-refractivity contribution is 6.62. The van der Waals surface area contributed by atoms with E-state index in [9.17, 15) is 9.59 Å². The van der Waals surface area contributed by atoms with Crippen LogP contribution in [0.1, 0.15) is 79.7 Å². The first-order valence-electron chi connectivity index (χ1n) is 11.7. The van der Waals surface area contributed by atoms with E-state index in [1.54, 1.807) is 42.5 Å². The van der Waals surface area contributed by atoms with Gasteiger partial charge in [0.15, 0.2) is 0 Å². The Morgan fingerprint density at radius 1 is 0.824 bits per heavy atom. The molecule has 2 heterocycles. The molecule has 0 unspecified atom stereocenters. The van der Waals surface area contributed by atoms with E-state index in [2.05, 4.69) is 0 Å². The second kappa shape index (κ2) is 8.89. The van der Waals surface area contributed by atoms with Crippen molar-refractivity contribution in [2.45, 2.75) is 70.5 Å². The summed E-state index contributed by atoms with van der Waals surface area (Å²) in [6, 6.07) is 13.1. The maximum atomic E-state index is 15.3. The van der Waals surface area contributed by atoms with Gasteiger partial charge in [0, 0.05) is 18.5 Å². The van der Waals surface area contributed by atoms with Gasteiger partial charge < -0.3 is 9.31 Å². The molecule has 5 nitrogen and oxygen atoms in total. The van der Waals surface area contributed by atoms with Gasteiger partial charge in [-0.15, -0.1) is 0 Å². The smallest absolute Gasteiger partial charge is 0.399 e. The molecule has 0 radical (unpaired) electrons. The summed E-state index contributed by atoms with van der Waals surface area (Å²) < 4.78 is 42.5. The van der Waals surface area contributed by atoms with E-state index in [0.29, 0.717) is 29.4 Å². The Kier molecular flexibility index (Phi) is 6.42. The Labute approximate surface area is 199 Å². The maximum absolute atomic E-state index is 15.3. The standard InChI is InChI=1S/C26H30BF2NO4/c1-24(2)25(3,4)34-27(33-24)21-15-9-8-14-20(21)26(28,29)16-10-5-11-17-30-22(31)18-12-6-7-13-19(18)23(30)32/h6-9,12-15H,5,10-11,16-17H2,1-4H3. The molecule has 34 heavy (non-hydrogen) atoms. The minimum absolute atomic E-state index is 0.0890. The number of amides is 2. The van der Waals surface area contributed by atoms with Crippen LogP contribution >= 0.6 is 0 Å². The van der Waals surface area contributed by atoms with Crippen LogP contribution in [0.4, 0.5) is 8.78 Å². The average Bonchev–Trinajstić information content (AvgIpc) is 3.16. The van der Waals surface area contributed by atoms with Crippen molar-refractivity contribution in [2.24, 2.45) is 0 Å². The summed E-state index contributed by atoms with van der Waals surface area (Å²) in [6.07, 6.45) is 0.863. The van der Waals surface area contributed by atoms with Crippen LogP contribution in [0.3, 0.4) is 0 Å².